The van der Waals surface area contributed by atoms with Crippen molar-refractivity contribution in [1.82, 2.24) is 20.0 Å². The lowest BCUT2D eigenvalue weighted by Crippen LogP contribution is -2.53. The Bertz CT molecular complexity index is 1230. The molecule has 160 valence electrons. The van der Waals surface area contributed by atoms with Gasteiger partial charge in [-0.2, -0.15) is 5.10 Å². The number of thiocarbonyl (C=S) groups is 1. The van der Waals surface area contributed by atoms with Gasteiger partial charge >= 0.3 is 0 Å². The first-order chi connectivity index (χ1) is 15.5. The molecule has 1 aliphatic heterocycles. The molecule has 8 heteroatoms. The van der Waals surface area contributed by atoms with Crippen molar-refractivity contribution >= 4 is 46.8 Å². The zero-order valence-corrected chi connectivity index (χ0v) is 18.6. The molecule has 0 spiro atoms. The van der Waals surface area contributed by atoms with Gasteiger partial charge in [0.15, 0.2) is 5.11 Å². The lowest BCUT2D eigenvalue weighted by Gasteiger charge is -2.27. The highest BCUT2D eigenvalue weighted by molar-refractivity contribution is 7.80. The third-order valence-electron chi connectivity index (χ3n) is 4.89. The van der Waals surface area contributed by atoms with Crippen molar-refractivity contribution in [2.75, 3.05) is 6.54 Å². The smallest absolute Gasteiger partial charge is 0.265 e. The molecule has 2 aromatic carbocycles. The minimum Gasteiger partial charge on any atom is -0.298 e. The van der Waals surface area contributed by atoms with Crippen molar-refractivity contribution < 1.29 is 9.59 Å². The van der Waals surface area contributed by atoms with E-state index in [0.29, 0.717) is 22.8 Å². The van der Waals surface area contributed by atoms with Gasteiger partial charge in [0.25, 0.3) is 11.8 Å². The summed E-state index contributed by atoms with van der Waals surface area (Å²) in [4.78, 5) is 26.8. The lowest BCUT2D eigenvalue weighted by atomic mass is 10.0. The first kappa shape index (κ1) is 21.7. The zero-order chi connectivity index (χ0) is 22.7. The Labute approximate surface area is 195 Å². The van der Waals surface area contributed by atoms with Gasteiger partial charge in [-0.25, -0.2) is 0 Å². The first-order valence-corrected chi connectivity index (χ1v) is 10.6. The number of hydrogen-bond donors (Lipinski definition) is 1. The lowest BCUT2D eigenvalue weighted by molar-refractivity contribution is -0.128. The van der Waals surface area contributed by atoms with Crippen molar-refractivity contribution in [3.8, 4) is 11.3 Å². The number of rotatable bonds is 6. The molecule has 6 nitrogen and oxygen atoms in total. The van der Waals surface area contributed by atoms with Gasteiger partial charge in [0, 0.05) is 28.9 Å². The van der Waals surface area contributed by atoms with Crippen LogP contribution in [0.3, 0.4) is 0 Å². The molecule has 0 unspecified atom stereocenters. The number of nitrogens with one attached hydrogen (secondary N) is 1. The van der Waals surface area contributed by atoms with Gasteiger partial charge in [-0.15, -0.1) is 6.58 Å². The van der Waals surface area contributed by atoms with Crippen LogP contribution < -0.4 is 5.32 Å². The number of nitrogens with zero attached hydrogens (tertiary/aromatic N) is 3. The summed E-state index contributed by atoms with van der Waals surface area (Å²) in [5.74, 6) is -1.01. The van der Waals surface area contributed by atoms with Crippen LogP contribution in [0.2, 0.25) is 5.02 Å². The first-order valence-electron chi connectivity index (χ1n) is 9.83. The number of benzene rings is 2. The second kappa shape index (κ2) is 9.30. The highest BCUT2D eigenvalue weighted by Gasteiger charge is 2.33. The van der Waals surface area contributed by atoms with E-state index in [1.165, 1.54) is 4.90 Å². The van der Waals surface area contributed by atoms with Gasteiger partial charge in [0.2, 0.25) is 0 Å². The molecule has 1 aromatic heterocycles. The van der Waals surface area contributed by atoms with E-state index < -0.39 is 11.8 Å². The number of halogens is 1. The van der Waals surface area contributed by atoms with E-state index in [2.05, 4.69) is 11.9 Å². The number of hydrogen-bond acceptors (Lipinski definition) is 4. The maximum atomic E-state index is 12.9. The molecule has 2 amide bonds. The molecule has 1 fully saturated rings. The summed E-state index contributed by atoms with van der Waals surface area (Å²) in [6.07, 6.45) is 4.93. The summed E-state index contributed by atoms with van der Waals surface area (Å²) >= 11 is 11.1. The van der Waals surface area contributed by atoms with Gasteiger partial charge in [0.05, 0.1) is 12.2 Å². The predicted molar refractivity (Wildman–Crippen MR) is 129 cm³/mol. The van der Waals surface area contributed by atoms with Gasteiger partial charge < -0.3 is 0 Å². The molecule has 0 atom stereocenters. The number of aromatic nitrogens is 2. The third kappa shape index (κ3) is 4.54. The topological polar surface area (TPSA) is 67.2 Å². The summed E-state index contributed by atoms with van der Waals surface area (Å²) in [7, 11) is 0. The highest BCUT2D eigenvalue weighted by atomic mass is 35.5. The standard InChI is InChI=1S/C24H19ClN4O2S/c1-2-12-29-23(31)20(22(30)26-24(29)32)13-18-15-28(14-16-8-10-19(25)11-9-16)27-21(18)17-6-4-3-5-7-17/h2-11,13,15H,1,12,14H2,(H,26,30,32). The van der Waals surface area contributed by atoms with Crippen LogP contribution in [0.1, 0.15) is 11.1 Å². The van der Waals surface area contributed by atoms with E-state index in [-0.39, 0.29) is 17.2 Å². The average Bonchev–Trinajstić information content (AvgIpc) is 3.18. The quantitative estimate of drug-likeness (QED) is 0.259. The average molecular weight is 463 g/mol. The van der Waals surface area contributed by atoms with Crippen LogP contribution in [-0.2, 0) is 16.1 Å². The molecule has 0 bridgehead atoms. The normalized spacial score (nSPS) is 15.2. The fourth-order valence-corrected chi connectivity index (χ4v) is 3.74. The van der Waals surface area contributed by atoms with Crippen LogP contribution in [-0.4, -0.2) is 38.2 Å². The number of carbonyl (C=O) groups is 2. The molecule has 0 saturated carbocycles. The van der Waals surface area contributed by atoms with Crippen molar-refractivity contribution in [3.63, 3.8) is 0 Å². The van der Waals surface area contributed by atoms with Crippen molar-refractivity contribution in [3.05, 3.63) is 95.2 Å². The number of amides is 2. The summed E-state index contributed by atoms with van der Waals surface area (Å²) < 4.78 is 1.77. The van der Waals surface area contributed by atoms with Gasteiger partial charge in [0.1, 0.15) is 5.57 Å². The molecule has 3 aromatic rings. The Morgan fingerprint density at radius 2 is 1.81 bits per heavy atom. The molecular weight excluding hydrogens is 444 g/mol. The molecule has 0 radical (unpaired) electrons. The van der Waals surface area contributed by atoms with E-state index in [4.69, 9.17) is 28.9 Å². The Morgan fingerprint density at radius 1 is 1.09 bits per heavy atom. The van der Waals surface area contributed by atoms with Crippen LogP contribution in [0.25, 0.3) is 17.3 Å². The summed E-state index contributed by atoms with van der Waals surface area (Å²) in [6.45, 7) is 4.36. The third-order valence-corrected chi connectivity index (χ3v) is 5.47. The molecule has 1 N–H and O–H groups in total. The SMILES string of the molecule is C=CCN1C(=O)C(=Cc2cn(Cc3ccc(Cl)cc3)nc2-c2ccccc2)C(=O)NC1=S. The second-order valence-corrected chi connectivity index (χ2v) is 7.97. The minimum absolute atomic E-state index is 0.0105. The van der Waals surface area contributed by atoms with E-state index >= 15 is 0 Å². The maximum Gasteiger partial charge on any atom is 0.265 e. The Hall–Kier alpha value is -3.55. The molecule has 0 aliphatic carbocycles. The Morgan fingerprint density at radius 3 is 2.50 bits per heavy atom. The second-order valence-electron chi connectivity index (χ2n) is 7.14. The van der Waals surface area contributed by atoms with Crippen molar-refractivity contribution in [2.24, 2.45) is 0 Å². The molecular formula is C24H19ClN4O2S. The molecule has 4 rings (SSSR count). The van der Waals surface area contributed by atoms with E-state index in [1.54, 1.807) is 16.8 Å². The van der Waals surface area contributed by atoms with Crippen molar-refractivity contribution in [2.45, 2.75) is 6.54 Å². The molecule has 1 aliphatic rings. The fraction of sp³-hybridized carbons (Fsp3) is 0.0833. The Balaban J connectivity index is 1.76. The van der Waals surface area contributed by atoms with Crippen LogP contribution in [0.15, 0.2) is 79.0 Å². The summed E-state index contributed by atoms with van der Waals surface area (Å²) in [5.41, 5.74) is 3.19. The molecule has 2 heterocycles. The van der Waals surface area contributed by atoms with E-state index in [1.807, 2.05) is 60.8 Å². The van der Waals surface area contributed by atoms with Crippen LogP contribution >= 0.6 is 23.8 Å². The van der Waals surface area contributed by atoms with Crippen LogP contribution in [0, 0.1) is 0 Å². The minimum atomic E-state index is -0.537. The van der Waals surface area contributed by atoms with Crippen LogP contribution in [0.4, 0.5) is 0 Å². The van der Waals surface area contributed by atoms with E-state index in [9.17, 15) is 9.59 Å². The maximum absolute atomic E-state index is 12.9. The van der Waals surface area contributed by atoms with Crippen molar-refractivity contribution in [1.29, 1.82) is 0 Å². The summed E-state index contributed by atoms with van der Waals surface area (Å²) in [6, 6.07) is 17.1. The fourth-order valence-electron chi connectivity index (χ4n) is 3.37. The Kier molecular flexibility index (Phi) is 6.30. The molecule has 1 saturated heterocycles. The van der Waals surface area contributed by atoms with Gasteiger partial charge in [-0.05, 0) is 36.0 Å². The number of carbonyl (C=O) groups excluding carboxylic acids is 2. The zero-order valence-electron chi connectivity index (χ0n) is 17.0. The van der Waals surface area contributed by atoms with Gasteiger partial charge in [-0.3, -0.25) is 24.5 Å². The van der Waals surface area contributed by atoms with Gasteiger partial charge in [-0.1, -0.05) is 60.1 Å². The summed E-state index contributed by atoms with van der Waals surface area (Å²) in [5, 5.41) is 8.02. The monoisotopic (exact) mass is 462 g/mol. The largest absolute Gasteiger partial charge is 0.298 e. The van der Waals surface area contributed by atoms with Crippen LogP contribution in [0.5, 0.6) is 0 Å². The predicted octanol–water partition coefficient (Wildman–Crippen LogP) is 4.06. The highest BCUT2D eigenvalue weighted by Crippen LogP contribution is 2.26. The van der Waals surface area contributed by atoms with E-state index in [0.717, 1.165) is 11.1 Å². The molecule has 32 heavy (non-hydrogen) atoms.